The number of aromatic nitrogens is 1. The number of fused-ring (bicyclic) bond motifs is 1. The number of rotatable bonds is 5. The molecule has 1 unspecified atom stereocenters. The van der Waals surface area contributed by atoms with E-state index < -0.39 is 0 Å². The van der Waals surface area contributed by atoms with Crippen LogP contribution >= 0.6 is 11.6 Å². The number of aryl methyl sites for hydroxylation is 1. The van der Waals surface area contributed by atoms with E-state index in [1.807, 2.05) is 33.9 Å². The number of nitrogens with one attached hydrogen (secondary N) is 1. The zero-order valence-corrected chi connectivity index (χ0v) is 15.7. The quantitative estimate of drug-likeness (QED) is 0.810. The van der Waals surface area contributed by atoms with Crippen molar-refractivity contribution in [3.05, 3.63) is 36.0 Å². The first-order valence-electron chi connectivity index (χ1n) is 8.85. The Kier molecular flexibility index (Phi) is 6.16. The predicted molar refractivity (Wildman–Crippen MR) is 101 cm³/mol. The number of benzene rings is 1. The lowest BCUT2D eigenvalue weighted by Crippen LogP contribution is -2.43. The van der Waals surface area contributed by atoms with E-state index in [1.54, 1.807) is 0 Å². The maximum absolute atomic E-state index is 12.9. The average molecular weight is 378 g/mol. The Hall–Kier alpha value is -2.05. The molecule has 1 fully saturated rings. The number of halogens is 1. The lowest BCUT2D eigenvalue weighted by atomic mass is 10.2. The highest BCUT2D eigenvalue weighted by Gasteiger charge is 2.23. The Balaban J connectivity index is 1.66. The summed E-state index contributed by atoms with van der Waals surface area (Å²) in [6.45, 7) is 4.43. The summed E-state index contributed by atoms with van der Waals surface area (Å²) in [4.78, 5) is 26.0. The highest BCUT2D eigenvalue weighted by molar-refractivity contribution is 6.27. The number of hydrogen-bond acceptors (Lipinski definition) is 3. The second-order valence-electron chi connectivity index (χ2n) is 6.58. The molecule has 2 heterocycles. The average Bonchev–Trinajstić information content (AvgIpc) is 2.83. The minimum absolute atomic E-state index is 0.0601. The van der Waals surface area contributed by atoms with Gasteiger partial charge in [0.05, 0.1) is 6.10 Å². The molecule has 26 heavy (non-hydrogen) atoms. The van der Waals surface area contributed by atoms with E-state index in [0.717, 1.165) is 17.5 Å². The number of nitrogens with zero attached hydrogens (tertiary/aromatic N) is 2. The molecule has 1 aromatic heterocycles. The Morgan fingerprint density at radius 3 is 2.96 bits per heavy atom. The summed E-state index contributed by atoms with van der Waals surface area (Å²) in [5, 5.41) is 3.90. The summed E-state index contributed by atoms with van der Waals surface area (Å²) in [7, 11) is 0. The smallest absolute Gasteiger partial charge is 0.242 e. The molecule has 1 atom stereocenters. The van der Waals surface area contributed by atoms with Crippen molar-refractivity contribution in [2.45, 2.75) is 26.0 Å². The largest absolute Gasteiger partial charge is 0.374 e. The number of hydrogen-bond donors (Lipinski definition) is 1. The number of carbonyl (C=O) groups excluding carboxylic acids is 2. The molecule has 1 saturated heterocycles. The highest BCUT2D eigenvalue weighted by Crippen LogP contribution is 2.20. The molecule has 0 saturated carbocycles. The number of para-hydroxylation sites is 1. The third-order valence-corrected chi connectivity index (χ3v) is 4.89. The van der Waals surface area contributed by atoms with Crippen molar-refractivity contribution in [2.75, 3.05) is 32.1 Å². The second kappa shape index (κ2) is 8.56. The normalized spacial score (nSPS) is 17.9. The van der Waals surface area contributed by atoms with Crippen LogP contribution in [0.15, 0.2) is 30.5 Å². The first-order chi connectivity index (χ1) is 12.6. The molecule has 1 aliphatic heterocycles. The van der Waals surface area contributed by atoms with Gasteiger partial charge in [0.1, 0.15) is 12.4 Å². The summed E-state index contributed by atoms with van der Waals surface area (Å²) >= 11 is 5.50. The maximum Gasteiger partial charge on any atom is 0.242 e. The van der Waals surface area contributed by atoms with Gasteiger partial charge >= 0.3 is 0 Å². The number of carbonyl (C=O) groups is 2. The molecule has 140 valence electrons. The third-order valence-electron chi connectivity index (χ3n) is 4.64. The van der Waals surface area contributed by atoms with E-state index in [-0.39, 0.29) is 23.8 Å². The van der Waals surface area contributed by atoms with E-state index in [1.165, 1.54) is 5.39 Å². The van der Waals surface area contributed by atoms with Gasteiger partial charge in [-0.15, -0.1) is 11.6 Å². The molecule has 0 bridgehead atoms. The van der Waals surface area contributed by atoms with Gasteiger partial charge < -0.3 is 19.5 Å². The molecule has 3 rings (SSSR count). The van der Waals surface area contributed by atoms with Crippen molar-refractivity contribution >= 4 is 34.3 Å². The van der Waals surface area contributed by atoms with Gasteiger partial charge in [0.15, 0.2) is 0 Å². The van der Waals surface area contributed by atoms with Crippen LogP contribution in [0.3, 0.4) is 0 Å². The molecule has 0 aliphatic carbocycles. The standard InChI is InChI=1S/C19H24ClN3O3/c1-14-11-23(17-6-3-2-5-16(14)17)13-19(25)22-7-4-8-26-15(12-22)10-21-18(24)9-20/h2-3,5-6,11,15H,4,7-10,12-13H2,1H3,(H,21,24). The second-order valence-corrected chi connectivity index (χ2v) is 6.85. The molecule has 0 radical (unpaired) electrons. The van der Waals surface area contributed by atoms with Crippen LogP contribution in [0.5, 0.6) is 0 Å². The predicted octanol–water partition coefficient (Wildman–Crippen LogP) is 1.92. The Labute approximate surface area is 158 Å². The molecule has 2 amide bonds. The van der Waals surface area contributed by atoms with Crippen LogP contribution in [0, 0.1) is 6.92 Å². The summed E-state index contributed by atoms with van der Waals surface area (Å²) in [5.74, 6) is -0.244. The fourth-order valence-corrected chi connectivity index (χ4v) is 3.42. The number of amides is 2. The summed E-state index contributed by atoms with van der Waals surface area (Å²) in [5.41, 5.74) is 2.23. The molecular weight excluding hydrogens is 354 g/mol. The van der Waals surface area contributed by atoms with Crippen LogP contribution in [-0.4, -0.2) is 59.5 Å². The molecule has 7 heteroatoms. The van der Waals surface area contributed by atoms with Crippen LogP contribution in [0.1, 0.15) is 12.0 Å². The van der Waals surface area contributed by atoms with Crippen molar-refractivity contribution in [3.63, 3.8) is 0 Å². The van der Waals surface area contributed by atoms with Crippen LogP contribution in [0.25, 0.3) is 10.9 Å². The van der Waals surface area contributed by atoms with Crippen molar-refractivity contribution in [2.24, 2.45) is 0 Å². The van der Waals surface area contributed by atoms with E-state index >= 15 is 0 Å². The van der Waals surface area contributed by atoms with E-state index in [9.17, 15) is 9.59 Å². The van der Waals surface area contributed by atoms with Crippen LogP contribution in [-0.2, 0) is 20.9 Å². The molecule has 0 spiro atoms. The lowest BCUT2D eigenvalue weighted by Gasteiger charge is -2.24. The third kappa shape index (κ3) is 4.37. The fraction of sp³-hybridized carbons (Fsp3) is 0.474. The van der Waals surface area contributed by atoms with Crippen molar-refractivity contribution < 1.29 is 14.3 Å². The minimum Gasteiger partial charge on any atom is -0.374 e. The SMILES string of the molecule is Cc1cn(CC(=O)N2CCCOC(CNC(=O)CCl)C2)c2ccccc12. The van der Waals surface area contributed by atoms with Crippen LogP contribution < -0.4 is 5.32 Å². The van der Waals surface area contributed by atoms with Crippen molar-refractivity contribution in [1.29, 1.82) is 0 Å². The van der Waals surface area contributed by atoms with E-state index in [4.69, 9.17) is 16.3 Å². The fourth-order valence-electron chi connectivity index (χ4n) is 3.33. The molecular formula is C19H24ClN3O3. The maximum atomic E-state index is 12.9. The van der Waals surface area contributed by atoms with Gasteiger partial charge in [-0.3, -0.25) is 9.59 Å². The highest BCUT2D eigenvalue weighted by atomic mass is 35.5. The topological polar surface area (TPSA) is 63.6 Å². The van der Waals surface area contributed by atoms with Gasteiger partial charge in [-0.1, -0.05) is 18.2 Å². The van der Waals surface area contributed by atoms with Gasteiger partial charge in [-0.25, -0.2) is 0 Å². The Bertz CT molecular complexity index is 789. The number of ether oxygens (including phenoxy) is 1. The van der Waals surface area contributed by atoms with Gasteiger partial charge in [0, 0.05) is 43.3 Å². The monoisotopic (exact) mass is 377 g/mol. The van der Waals surface area contributed by atoms with E-state index in [0.29, 0.717) is 32.8 Å². The molecule has 1 aromatic carbocycles. The van der Waals surface area contributed by atoms with Crippen molar-refractivity contribution in [1.82, 2.24) is 14.8 Å². The molecule has 1 aliphatic rings. The zero-order chi connectivity index (χ0) is 18.5. The lowest BCUT2D eigenvalue weighted by molar-refractivity contribution is -0.132. The minimum atomic E-state index is -0.230. The summed E-state index contributed by atoms with van der Waals surface area (Å²) < 4.78 is 7.75. The van der Waals surface area contributed by atoms with Crippen molar-refractivity contribution in [3.8, 4) is 0 Å². The zero-order valence-electron chi connectivity index (χ0n) is 14.9. The molecule has 6 nitrogen and oxygen atoms in total. The molecule has 2 aromatic rings. The van der Waals surface area contributed by atoms with Gasteiger partial charge in [-0.2, -0.15) is 0 Å². The van der Waals surface area contributed by atoms with Gasteiger partial charge in [0.2, 0.25) is 11.8 Å². The summed E-state index contributed by atoms with van der Waals surface area (Å²) in [6, 6.07) is 8.10. The summed E-state index contributed by atoms with van der Waals surface area (Å²) in [6.07, 6.45) is 2.60. The van der Waals surface area contributed by atoms with Crippen LogP contribution in [0.2, 0.25) is 0 Å². The van der Waals surface area contributed by atoms with Gasteiger partial charge in [0.25, 0.3) is 0 Å². The Morgan fingerprint density at radius 2 is 2.15 bits per heavy atom. The Morgan fingerprint density at radius 1 is 1.35 bits per heavy atom. The van der Waals surface area contributed by atoms with E-state index in [2.05, 4.69) is 18.3 Å². The van der Waals surface area contributed by atoms with Crippen LogP contribution in [0.4, 0.5) is 0 Å². The first-order valence-corrected chi connectivity index (χ1v) is 9.38. The first kappa shape index (κ1) is 18.7. The molecule has 1 N–H and O–H groups in total. The number of alkyl halides is 1. The van der Waals surface area contributed by atoms with Gasteiger partial charge in [-0.05, 0) is 25.0 Å².